The van der Waals surface area contributed by atoms with Crippen LogP contribution in [0.5, 0.6) is 0 Å². The van der Waals surface area contributed by atoms with Crippen LogP contribution >= 0.6 is 22.6 Å². The molecule has 1 fully saturated rings. The van der Waals surface area contributed by atoms with Crippen LogP contribution in [0, 0.1) is 21.1 Å². The zero-order valence-electron chi connectivity index (χ0n) is 11.0. The Labute approximate surface area is 126 Å². The third kappa shape index (κ3) is 3.64. The van der Waals surface area contributed by atoms with E-state index >= 15 is 0 Å². The molecule has 2 atom stereocenters. The van der Waals surface area contributed by atoms with E-state index in [9.17, 15) is 8.78 Å². The van der Waals surface area contributed by atoms with E-state index in [2.05, 4.69) is 4.90 Å². The lowest BCUT2D eigenvalue weighted by molar-refractivity contribution is 0.151. The second-order valence-corrected chi connectivity index (χ2v) is 6.48. The third-order valence-electron chi connectivity index (χ3n) is 3.81. The van der Waals surface area contributed by atoms with Crippen molar-refractivity contribution in [1.82, 2.24) is 4.90 Å². The van der Waals surface area contributed by atoms with E-state index in [1.54, 1.807) is 0 Å². The molecule has 1 aliphatic heterocycles. The third-order valence-corrected chi connectivity index (χ3v) is 4.64. The van der Waals surface area contributed by atoms with E-state index in [-0.39, 0.29) is 11.6 Å². The quantitative estimate of drug-likeness (QED) is 0.645. The highest BCUT2D eigenvalue weighted by Crippen LogP contribution is 2.24. The lowest BCUT2D eigenvalue weighted by Crippen LogP contribution is -2.42. The van der Waals surface area contributed by atoms with Gasteiger partial charge in [-0.25, -0.2) is 8.78 Å². The molecule has 0 bridgehead atoms. The molecule has 0 amide bonds. The molecule has 2 N–H and O–H groups in total. The lowest BCUT2D eigenvalue weighted by atomic mass is 9.92. The zero-order chi connectivity index (χ0) is 14.0. The average Bonchev–Trinajstić information content (AvgIpc) is 2.39. The number of hydrogen-bond donors (Lipinski definition) is 1. The molecule has 0 aromatic heterocycles. The first kappa shape index (κ1) is 15.1. The summed E-state index contributed by atoms with van der Waals surface area (Å²) in [4.78, 5) is 2.11. The largest absolute Gasteiger partial charge is 0.328 e. The normalized spacial score (nSPS) is 22.5. The van der Waals surface area contributed by atoms with Crippen LogP contribution in [-0.2, 0) is 6.54 Å². The molecule has 2 unspecified atom stereocenters. The van der Waals surface area contributed by atoms with Crippen molar-refractivity contribution in [3.63, 3.8) is 0 Å². The van der Waals surface area contributed by atoms with E-state index in [4.69, 9.17) is 5.73 Å². The minimum Gasteiger partial charge on any atom is -0.328 e. The molecule has 19 heavy (non-hydrogen) atoms. The van der Waals surface area contributed by atoms with Gasteiger partial charge in [-0.3, -0.25) is 4.90 Å². The van der Waals surface area contributed by atoms with Gasteiger partial charge in [0.15, 0.2) is 0 Å². The molecule has 0 radical (unpaired) electrons. The van der Waals surface area contributed by atoms with E-state index < -0.39 is 11.6 Å². The SMILES string of the molecule is CC(N)C1CCCN(Cc2c(F)ccc(I)c2F)C1. The van der Waals surface area contributed by atoms with Gasteiger partial charge in [-0.05, 0) is 67.0 Å². The summed E-state index contributed by atoms with van der Waals surface area (Å²) >= 11 is 1.90. The Morgan fingerprint density at radius 1 is 1.47 bits per heavy atom. The average molecular weight is 380 g/mol. The number of rotatable bonds is 3. The smallest absolute Gasteiger partial charge is 0.143 e. The highest BCUT2D eigenvalue weighted by Gasteiger charge is 2.24. The molecule has 5 heteroatoms. The maximum atomic E-state index is 14.0. The van der Waals surface area contributed by atoms with E-state index in [0.29, 0.717) is 16.0 Å². The second kappa shape index (κ2) is 6.45. The first-order chi connectivity index (χ1) is 8.99. The molecule has 1 saturated heterocycles. The number of benzene rings is 1. The van der Waals surface area contributed by atoms with Crippen molar-refractivity contribution in [2.24, 2.45) is 11.7 Å². The second-order valence-electron chi connectivity index (χ2n) is 5.32. The summed E-state index contributed by atoms with van der Waals surface area (Å²) in [6, 6.07) is 2.94. The van der Waals surface area contributed by atoms with Gasteiger partial charge in [-0.2, -0.15) is 0 Å². The predicted molar refractivity (Wildman–Crippen MR) is 80.7 cm³/mol. The minimum atomic E-state index is -0.458. The van der Waals surface area contributed by atoms with Crippen molar-refractivity contribution in [2.45, 2.75) is 32.4 Å². The van der Waals surface area contributed by atoms with Gasteiger partial charge in [0.25, 0.3) is 0 Å². The number of likely N-dealkylation sites (tertiary alicyclic amines) is 1. The molecule has 2 nitrogen and oxygen atoms in total. The Bertz CT molecular complexity index is 451. The van der Waals surface area contributed by atoms with E-state index in [1.807, 2.05) is 29.5 Å². The van der Waals surface area contributed by atoms with Crippen LogP contribution in [0.15, 0.2) is 12.1 Å². The highest BCUT2D eigenvalue weighted by molar-refractivity contribution is 14.1. The molecule has 106 valence electrons. The Balaban J connectivity index is 2.11. The van der Waals surface area contributed by atoms with E-state index in [0.717, 1.165) is 25.9 Å². The van der Waals surface area contributed by atoms with E-state index in [1.165, 1.54) is 12.1 Å². The van der Waals surface area contributed by atoms with Crippen molar-refractivity contribution >= 4 is 22.6 Å². The number of hydrogen-bond acceptors (Lipinski definition) is 2. The van der Waals surface area contributed by atoms with Crippen LogP contribution in [0.2, 0.25) is 0 Å². The fourth-order valence-electron chi connectivity index (χ4n) is 2.60. The van der Waals surface area contributed by atoms with Crippen LogP contribution in [0.1, 0.15) is 25.3 Å². The van der Waals surface area contributed by atoms with Gasteiger partial charge in [0.1, 0.15) is 11.6 Å². The monoisotopic (exact) mass is 380 g/mol. The Morgan fingerprint density at radius 3 is 2.89 bits per heavy atom. The summed E-state index contributed by atoms with van der Waals surface area (Å²) < 4.78 is 28.2. The number of nitrogens with zero attached hydrogens (tertiary/aromatic N) is 1. The maximum absolute atomic E-state index is 14.0. The molecule has 1 heterocycles. The summed E-state index contributed by atoms with van der Waals surface area (Å²) in [6.45, 7) is 4.04. The summed E-state index contributed by atoms with van der Waals surface area (Å²) in [5.41, 5.74) is 6.11. The van der Waals surface area contributed by atoms with Crippen LogP contribution in [0.3, 0.4) is 0 Å². The van der Waals surface area contributed by atoms with Crippen LogP contribution < -0.4 is 5.73 Å². The maximum Gasteiger partial charge on any atom is 0.143 e. The topological polar surface area (TPSA) is 29.3 Å². The van der Waals surface area contributed by atoms with Gasteiger partial charge >= 0.3 is 0 Å². The molecular formula is C14H19F2IN2. The van der Waals surface area contributed by atoms with Crippen molar-refractivity contribution < 1.29 is 8.78 Å². The first-order valence-electron chi connectivity index (χ1n) is 6.59. The first-order valence-corrected chi connectivity index (χ1v) is 7.67. The summed E-state index contributed by atoms with van der Waals surface area (Å²) in [6.07, 6.45) is 2.14. The number of nitrogens with two attached hydrogens (primary N) is 1. The molecule has 0 spiro atoms. The zero-order valence-corrected chi connectivity index (χ0v) is 13.2. The van der Waals surface area contributed by atoms with Gasteiger partial charge in [0.2, 0.25) is 0 Å². The number of halogens is 3. The highest BCUT2D eigenvalue weighted by atomic mass is 127. The fraction of sp³-hybridized carbons (Fsp3) is 0.571. The van der Waals surface area contributed by atoms with Crippen LogP contribution in [0.25, 0.3) is 0 Å². The minimum absolute atomic E-state index is 0.133. The Kier molecular flexibility index (Phi) is 5.14. The lowest BCUT2D eigenvalue weighted by Gasteiger charge is -2.34. The molecule has 1 aromatic carbocycles. The van der Waals surface area contributed by atoms with Gasteiger partial charge in [0.05, 0.1) is 0 Å². The van der Waals surface area contributed by atoms with Crippen molar-refractivity contribution in [3.8, 4) is 0 Å². The van der Waals surface area contributed by atoms with Crippen LogP contribution in [0.4, 0.5) is 8.78 Å². The Morgan fingerprint density at radius 2 is 2.21 bits per heavy atom. The summed E-state index contributed by atoms with van der Waals surface area (Å²) in [5, 5.41) is 0. The molecular weight excluding hydrogens is 361 g/mol. The number of piperidine rings is 1. The van der Waals surface area contributed by atoms with Gasteiger partial charge in [-0.15, -0.1) is 0 Å². The predicted octanol–water partition coefficient (Wildman–Crippen LogP) is 3.13. The van der Waals surface area contributed by atoms with Crippen molar-refractivity contribution in [2.75, 3.05) is 13.1 Å². The van der Waals surface area contributed by atoms with Gasteiger partial charge in [0, 0.05) is 28.3 Å². The van der Waals surface area contributed by atoms with Gasteiger partial charge in [-0.1, -0.05) is 0 Å². The molecule has 2 rings (SSSR count). The molecule has 0 aliphatic carbocycles. The molecule has 1 aliphatic rings. The Hall–Kier alpha value is -0.270. The van der Waals surface area contributed by atoms with Crippen molar-refractivity contribution in [3.05, 3.63) is 32.9 Å². The molecule has 1 aromatic rings. The van der Waals surface area contributed by atoms with Gasteiger partial charge < -0.3 is 5.73 Å². The molecule has 0 saturated carbocycles. The summed E-state index contributed by atoms with van der Waals surface area (Å²) in [7, 11) is 0. The summed E-state index contributed by atoms with van der Waals surface area (Å²) in [5.74, 6) is -0.466. The standard InChI is InChI=1S/C14H19F2IN2/c1-9(18)10-3-2-6-19(7-10)8-11-12(15)4-5-13(17)14(11)16/h4-5,9-10H,2-3,6-8,18H2,1H3. The van der Waals surface area contributed by atoms with Crippen molar-refractivity contribution in [1.29, 1.82) is 0 Å². The van der Waals surface area contributed by atoms with Crippen LogP contribution in [-0.4, -0.2) is 24.0 Å². The fourth-order valence-corrected chi connectivity index (χ4v) is 3.11.